The summed E-state index contributed by atoms with van der Waals surface area (Å²) in [5.74, 6) is -0.0287. The van der Waals surface area contributed by atoms with Crippen LogP contribution in [0.1, 0.15) is 26.7 Å². The highest BCUT2D eigenvalue weighted by atomic mass is 16.5. The molecule has 0 rings (SSSR count). The van der Waals surface area contributed by atoms with Gasteiger partial charge in [0.15, 0.2) is 5.78 Å². The van der Waals surface area contributed by atoms with Crippen LogP contribution in [0.4, 0.5) is 0 Å². The fourth-order valence-electron chi connectivity index (χ4n) is 0.908. The zero-order valence-electron chi connectivity index (χ0n) is 8.99. The first-order valence-corrected chi connectivity index (χ1v) is 5.03. The minimum absolute atomic E-state index is 0.0282. The van der Waals surface area contributed by atoms with Gasteiger partial charge in [-0.05, 0) is 13.3 Å². The zero-order chi connectivity index (χ0) is 10.8. The van der Waals surface area contributed by atoms with Crippen LogP contribution in [0, 0.1) is 0 Å². The number of aliphatic hydroxyl groups is 1. The molecule has 0 aliphatic heterocycles. The van der Waals surface area contributed by atoms with E-state index in [-0.39, 0.29) is 25.6 Å². The summed E-state index contributed by atoms with van der Waals surface area (Å²) in [6.45, 7) is 4.59. The molecule has 1 N–H and O–H groups in total. The first-order chi connectivity index (χ1) is 6.72. The predicted octanol–water partition coefficient (Wildman–Crippen LogP) is 0.770. The Hall–Kier alpha value is -0.450. The third-order valence-electron chi connectivity index (χ3n) is 1.78. The minimum atomic E-state index is -0.479. The van der Waals surface area contributed by atoms with Crippen molar-refractivity contribution in [3.8, 4) is 0 Å². The predicted molar refractivity (Wildman–Crippen MR) is 53.2 cm³/mol. The molecule has 0 aliphatic rings. The second-order valence-electron chi connectivity index (χ2n) is 3.12. The van der Waals surface area contributed by atoms with Gasteiger partial charge >= 0.3 is 0 Å². The highest BCUT2D eigenvalue weighted by Gasteiger charge is 2.14. The fraction of sp³-hybridized carbons (Fsp3) is 0.900. The Kier molecular flexibility index (Phi) is 8.83. The lowest BCUT2D eigenvalue weighted by atomic mass is 10.2. The monoisotopic (exact) mass is 204 g/mol. The summed E-state index contributed by atoms with van der Waals surface area (Å²) in [6.07, 6.45) is 1.51. The van der Waals surface area contributed by atoms with Crippen LogP contribution in [-0.2, 0) is 14.3 Å². The van der Waals surface area contributed by atoms with Gasteiger partial charge in [-0.3, -0.25) is 4.79 Å². The van der Waals surface area contributed by atoms with Gasteiger partial charge in [-0.15, -0.1) is 0 Å². The molecule has 0 saturated heterocycles. The number of hydrogen-bond donors (Lipinski definition) is 1. The van der Waals surface area contributed by atoms with Crippen LogP contribution in [0.5, 0.6) is 0 Å². The number of rotatable bonds is 9. The van der Waals surface area contributed by atoms with Crippen molar-refractivity contribution in [1.82, 2.24) is 0 Å². The number of Topliss-reactive ketones (excluding diaryl/α,β-unsaturated/α-hetero) is 1. The van der Waals surface area contributed by atoms with Crippen molar-refractivity contribution in [2.75, 3.05) is 26.4 Å². The Morgan fingerprint density at radius 2 is 2.14 bits per heavy atom. The summed E-state index contributed by atoms with van der Waals surface area (Å²) in [4.78, 5) is 11.1. The van der Waals surface area contributed by atoms with E-state index in [9.17, 15) is 4.79 Å². The Morgan fingerprint density at radius 1 is 1.43 bits per heavy atom. The van der Waals surface area contributed by atoms with Gasteiger partial charge in [0.25, 0.3) is 0 Å². The van der Waals surface area contributed by atoms with E-state index in [0.717, 1.165) is 12.8 Å². The molecule has 4 nitrogen and oxygen atoms in total. The number of ether oxygens (including phenoxy) is 2. The molecule has 0 saturated carbocycles. The minimum Gasteiger partial charge on any atom is -0.394 e. The van der Waals surface area contributed by atoms with E-state index in [2.05, 4.69) is 6.92 Å². The molecule has 0 aliphatic carbocycles. The summed E-state index contributed by atoms with van der Waals surface area (Å²) in [5, 5.41) is 8.48. The number of unbranched alkanes of at least 4 members (excludes halogenated alkanes) is 1. The maximum absolute atomic E-state index is 11.1. The maximum atomic E-state index is 11.1. The fourth-order valence-corrected chi connectivity index (χ4v) is 0.908. The van der Waals surface area contributed by atoms with E-state index >= 15 is 0 Å². The molecule has 0 radical (unpaired) electrons. The highest BCUT2D eigenvalue weighted by Crippen LogP contribution is 1.98. The van der Waals surface area contributed by atoms with Crippen molar-refractivity contribution in [1.29, 1.82) is 0 Å². The van der Waals surface area contributed by atoms with E-state index in [1.54, 1.807) is 0 Å². The van der Waals surface area contributed by atoms with Gasteiger partial charge in [-0.2, -0.15) is 0 Å². The number of aliphatic hydroxyl groups excluding tert-OH is 1. The summed E-state index contributed by atoms with van der Waals surface area (Å²) in [5.41, 5.74) is 0. The first-order valence-electron chi connectivity index (χ1n) is 5.03. The quantitative estimate of drug-likeness (QED) is 0.564. The maximum Gasteiger partial charge on any atom is 0.160 e. The standard InChI is InChI=1S/C10H20O4/c1-3-4-6-14-10(9(2)12)8-13-7-5-11/h10-11H,3-8H2,1-2H3. The van der Waals surface area contributed by atoms with Crippen molar-refractivity contribution < 1.29 is 19.4 Å². The number of carbonyl (C=O) groups excluding carboxylic acids is 1. The molecule has 14 heavy (non-hydrogen) atoms. The van der Waals surface area contributed by atoms with Crippen LogP contribution in [0.3, 0.4) is 0 Å². The van der Waals surface area contributed by atoms with Gasteiger partial charge in [0.2, 0.25) is 0 Å². The van der Waals surface area contributed by atoms with E-state index in [1.165, 1.54) is 6.92 Å². The molecule has 0 aromatic carbocycles. The van der Waals surface area contributed by atoms with Crippen LogP contribution in [-0.4, -0.2) is 43.4 Å². The molecule has 0 bridgehead atoms. The zero-order valence-corrected chi connectivity index (χ0v) is 8.99. The molecule has 0 amide bonds. The number of carbonyl (C=O) groups is 1. The third-order valence-corrected chi connectivity index (χ3v) is 1.78. The molecule has 0 spiro atoms. The lowest BCUT2D eigenvalue weighted by molar-refractivity contribution is -0.132. The van der Waals surface area contributed by atoms with Crippen LogP contribution < -0.4 is 0 Å². The van der Waals surface area contributed by atoms with Crippen LogP contribution in [0.25, 0.3) is 0 Å². The SMILES string of the molecule is CCCCOC(COCCO)C(C)=O. The van der Waals surface area contributed by atoms with E-state index in [1.807, 2.05) is 0 Å². The van der Waals surface area contributed by atoms with Gasteiger partial charge in [0.1, 0.15) is 6.10 Å². The average molecular weight is 204 g/mol. The van der Waals surface area contributed by atoms with Crippen molar-refractivity contribution in [2.24, 2.45) is 0 Å². The molecule has 1 atom stereocenters. The van der Waals surface area contributed by atoms with Crippen molar-refractivity contribution in [3.63, 3.8) is 0 Å². The largest absolute Gasteiger partial charge is 0.394 e. The van der Waals surface area contributed by atoms with Crippen LogP contribution in [0.2, 0.25) is 0 Å². The second kappa shape index (κ2) is 9.12. The van der Waals surface area contributed by atoms with Gasteiger partial charge in [-0.1, -0.05) is 13.3 Å². The molecule has 1 unspecified atom stereocenters. The molecule has 0 fully saturated rings. The number of ketones is 1. The molecule has 4 heteroatoms. The molecular weight excluding hydrogens is 184 g/mol. The highest BCUT2D eigenvalue weighted by molar-refractivity contribution is 5.80. The molecule has 0 aromatic heterocycles. The van der Waals surface area contributed by atoms with Crippen molar-refractivity contribution >= 4 is 5.78 Å². The van der Waals surface area contributed by atoms with Crippen LogP contribution in [0.15, 0.2) is 0 Å². The van der Waals surface area contributed by atoms with E-state index in [0.29, 0.717) is 6.61 Å². The average Bonchev–Trinajstić information content (AvgIpc) is 2.15. The lowest BCUT2D eigenvalue weighted by Crippen LogP contribution is -2.28. The summed E-state index contributed by atoms with van der Waals surface area (Å²) in [7, 11) is 0. The topological polar surface area (TPSA) is 55.8 Å². The summed E-state index contributed by atoms with van der Waals surface area (Å²) in [6, 6.07) is 0. The molecule has 0 heterocycles. The van der Waals surface area contributed by atoms with Gasteiger partial charge in [0.05, 0.1) is 19.8 Å². The third kappa shape index (κ3) is 7.00. The van der Waals surface area contributed by atoms with Gasteiger partial charge < -0.3 is 14.6 Å². The van der Waals surface area contributed by atoms with Crippen molar-refractivity contribution in [3.05, 3.63) is 0 Å². The lowest BCUT2D eigenvalue weighted by Gasteiger charge is -2.14. The van der Waals surface area contributed by atoms with Gasteiger partial charge in [-0.25, -0.2) is 0 Å². The van der Waals surface area contributed by atoms with E-state index in [4.69, 9.17) is 14.6 Å². The van der Waals surface area contributed by atoms with Crippen LogP contribution >= 0.6 is 0 Å². The Morgan fingerprint density at radius 3 is 2.64 bits per heavy atom. The Labute approximate surface area is 85.2 Å². The number of hydrogen-bond acceptors (Lipinski definition) is 4. The first kappa shape index (κ1) is 13.5. The molecule has 84 valence electrons. The summed E-state index contributed by atoms with van der Waals surface area (Å²) >= 11 is 0. The van der Waals surface area contributed by atoms with E-state index < -0.39 is 6.10 Å². The summed E-state index contributed by atoms with van der Waals surface area (Å²) < 4.78 is 10.4. The Bertz CT molecular complexity index is 137. The van der Waals surface area contributed by atoms with Crippen molar-refractivity contribution in [2.45, 2.75) is 32.8 Å². The normalized spacial score (nSPS) is 12.8. The Balaban J connectivity index is 3.61. The second-order valence-corrected chi connectivity index (χ2v) is 3.12. The molecular formula is C10H20O4. The smallest absolute Gasteiger partial charge is 0.160 e. The van der Waals surface area contributed by atoms with Gasteiger partial charge in [0, 0.05) is 6.61 Å². The molecule has 0 aromatic rings.